The smallest absolute Gasteiger partial charge is 0.123 e. The maximum absolute atomic E-state index is 14.5. The molecule has 0 aromatic heterocycles. The molecule has 0 heterocycles. The van der Waals surface area contributed by atoms with Crippen molar-refractivity contribution in [3.63, 3.8) is 0 Å². The van der Waals surface area contributed by atoms with Crippen LogP contribution in [-0.4, -0.2) is 0 Å². The molecule has 0 bridgehead atoms. The average Bonchev–Trinajstić information content (AvgIpc) is 3.76. The van der Waals surface area contributed by atoms with E-state index < -0.39 is 5.41 Å². The van der Waals surface area contributed by atoms with Crippen molar-refractivity contribution < 1.29 is 8.78 Å². The molecule has 2 aliphatic carbocycles. The first-order valence-electron chi connectivity index (χ1n) is 22.5. The standard InChI is InChI=1S/C61H50F2N2/c1-59(2,3)41-16-25-45(26-17-41)64(47-29-20-43(62)21-30-47)49-24-15-39-36-54-53-34-33-50(65(48-31-22-44(63)23-32-48)46-27-18-42(19-28-46)60(4,5)6)38-58(53)61(57(54)37-40(39)35-49)55-13-9-7-11-51(55)52-12-8-10-14-56(52)61/h7-38H,1-6H3. The fourth-order valence-corrected chi connectivity index (χ4v) is 10.4. The van der Waals surface area contributed by atoms with Crippen LogP contribution in [-0.2, 0) is 16.2 Å². The molecule has 2 nitrogen and oxygen atoms in total. The highest BCUT2D eigenvalue weighted by atomic mass is 19.1. The first kappa shape index (κ1) is 40.5. The Balaban J connectivity index is 1.13. The third-order valence-corrected chi connectivity index (χ3v) is 13.7. The van der Waals surface area contributed by atoms with Crippen LogP contribution in [0.15, 0.2) is 194 Å². The largest absolute Gasteiger partial charge is 0.310 e. The number of benzene rings is 9. The molecule has 0 aliphatic heterocycles. The lowest BCUT2D eigenvalue weighted by Crippen LogP contribution is -2.26. The minimum absolute atomic E-state index is 0.00449. The highest BCUT2D eigenvalue weighted by Gasteiger charge is 2.52. The van der Waals surface area contributed by atoms with Crippen LogP contribution >= 0.6 is 0 Å². The first-order chi connectivity index (χ1) is 31.3. The van der Waals surface area contributed by atoms with Crippen LogP contribution in [0.2, 0.25) is 0 Å². The summed E-state index contributed by atoms with van der Waals surface area (Å²) < 4.78 is 29.0. The van der Waals surface area contributed by atoms with Crippen LogP contribution in [0.25, 0.3) is 33.0 Å². The molecule has 0 N–H and O–H groups in total. The third kappa shape index (κ3) is 6.57. The second-order valence-electron chi connectivity index (χ2n) is 19.7. The minimum Gasteiger partial charge on any atom is -0.310 e. The number of anilines is 6. The summed E-state index contributed by atoms with van der Waals surface area (Å²) in [5.41, 5.74) is 17.4. The van der Waals surface area contributed by atoms with Gasteiger partial charge in [-0.3, -0.25) is 0 Å². The van der Waals surface area contributed by atoms with E-state index >= 15 is 0 Å². The van der Waals surface area contributed by atoms with Crippen molar-refractivity contribution in [2.75, 3.05) is 9.80 Å². The van der Waals surface area contributed by atoms with Crippen LogP contribution in [0.5, 0.6) is 0 Å². The van der Waals surface area contributed by atoms with E-state index in [1.54, 1.807) is 0 Å². The van der Waals surface area contributed by atoms with E-state index in [0.717, 1.165) is 44.9 Å². The van der Waals surface area contributed by atoms with E-state index in [4.69, 9.17) is 0 Å². The van der Waals surface area contributed by atoms with Gasteiger partial charge in [0.05, 0.1) is 5.41 Å². The van der Waals surface area contributed by atoms with E-state index in [0.29, 0.717) is 0 Å². The van der Waals surface area contributed by atoms with Gasteiger partial charge in [-0.25, -0.2) is 8.78 Å². The summed E-state index contributed by atoms with van der Waals surface area (Å²) in [7, 11) is 0. The number of hydrogen-bond donors (Lipinski definition) is 0. The van der Waals surface area contributed by atoms with Crippen LogP contribution in [0, 0.1) is 11.6 Å². The molecule has 0 unspecified atom stereocenters. The molecular formula is C61H50F2N2. The zero-order valence-corrected chi connectivity index (χ0v) is 37.6. The highest BCUT2D eigenvalue weighted by Crippen LogP contribution is 2.64. The van der Waals surface area contributed by atoms with Gasteiger partial charge in [0.1, 0.15) is 11.6 Å². The lowest BCUT2D eigenvalue weighted by Gasteiger charge is -2.32. The normalized spacial score (nSPS) is 13.4. The molecular weight excluding hydrogens is 799 g/mol. The van der Waals surface area contributed by atoms with Gasteiger partial charge < -0.3 is 9.80 Å². The van der Waals surface area contributed by atoms with Crippen molar-refractivity contribution in [3.8, 4) is 22.3 Å². The summed E-state index contributed by atoms with van der Waals surface area (Å²) in [4.78, 5) is 4.46. The van der Waals surface area contributed by atoms with E-state index in [-0.39, 0.29) is 22.5 Å². The fourth-order valence-electron chi connectivity index (χ4n) is 10.4. The molecule has 0 radical (unpaired) electrons. The molecule has 9 aromatic rings. The second kappa shape index (κ2) is 14.9. The predicted octanol–water partition coefficient (Wildman–Crippen LogP) is 17.0. The Morgan fingerprint density at radius 2 is 0.708 bits per heavy atom. The Labute approximate surface area is 381 Å². The van der Waals surface area contributed by atoms with E-state index in [9.17, 15) is 8.78 Å². The van der Waals surface area contributed by atoms with Gasteiger partial charge >= 0.3 is 0 Å². The number of rotatable bonds is 6. The fraction of sp³-hybridized carbons (Fsp3) is 0.148. The average molecular weight is 849 g/mol. The van der Waals surface area contributed by atoms with Gasteiger partial charge in [0.2, 0.25) is 0 Å². The van der Waals surface area contributed by atoms with Crippen LogP contribution in [0.1, 0.15) is 74.9 Å². The van der Waals surface area contributed by atoms with Gasteiger partial charge in [-0.05, 0) is 186 Å². The van der Waals surface area contributed by atoms with Crippen molar-refractivity contribution in [1.82, 2.24) is 0 Å². The zero-order valence-electron chi connectivity index (χ0n) is 37.6. The molecule has 0 amide bonds. The van der Waals surface area contributed by atoms with Gasteiger partial charge in [0.15, 0.2) is 0 Å². The number of hydrogen-bond acceptors (Lipinski definition) is 2. The lowest BCUT2D eigenvalue weighted by molar-refractivity contribution is 0.590. The van der Waals surface area contributed by atoms with E-state index in [1.165, 1.54) is 79.9 Å². The molecule has 1 spiro atoms. The van der Waals surface area contributed by atoms with Crippen LogP contribution in [0.4, 0.5) is 42.9 Å². The van der Waals surface area contributed by atoms with Crippen molar-refractivity contribution in [3.05, 3.63) is 239 Å². The molecule has 318 valence electrons. The SMILES string of the molecule is CC(C)(C)c1ccc(N(c2ccc(F)cc2)c2ccc3c(c2)C2(c4ccccc4-c4ccccc42)c2cc4cc(N(c5ccc(F)cc5)c5ccc(C(C)(C)C)cc5)ccc4cc2-3)cc1. The Morgan fingerprint density at radius 3 is 1.18 bits per heavy atom. The van der Waals surface area contributed by atoms with Gasteiger partial charge in [-0.15, -0.1) is 0 Å². The predicted molar refractivity (Wildman–Crippen MR) is 267 cm³/mol. The van der Waals surface area contributed by atoms with Crippen molar-refractivity contribution in [1.29, 1.82) is 0 Å². The number of nitrogens with zero attached hydrogens (tertiary/aromatic N) is 2. The molecule has 0 atom stereocenters. The van der Waals surface area contributed by atoms with Gasteiger partial charge in [-0.1, -0.05) is 126 Å². The molecule has 0 saturated carbocycles. The topological polar surface area (TPSA) is 6.48 Å². The van der Waals surface area contributed by atoms with Crippen LogP contribution in [0.3, 0.4) is 0 Å². The van der Waals surface area contributed by atoms with Crippen molar-refractivity contribution in [2.24, 2.45) is 0 Å². The summed E-state index contributed by atoms with van der Waals surface area (Å²) in [6, 6.07) is 67.2. The van der Waals surface area contributed by atoms with Gasteiger partial charge in [-0.2, -0.15) is 0 Å². The number of halogens is 2. The highest BCUT2D eigenvalue weighted by molar-refractivity contribution is 6.02. The molecule has 0 fully saturated rings. The molecule has 65 heavy (non-hydrogen) atoms. The maximum atomic E-state index is 14.5. The summed E-state index contributed by atoms with van der Waals surface area (Å²) in [6.07, 6.45) is 0. The zero-order chi connectivity index (χ0) is 44.8. The number of fused-ring (bicyclic) bond motifs is 11. The minimum atomic E-state index is -0.623. The summed E-state index contributed by atoms with van der Waals surface area (Å²) in [5.74, 6) is -0.538. The molecule has 11 rings (SSSR count). The molecule has 9 aromatic carbocycles. The molecule has 2 aliphatic rings. The summed E-state index contributed by atoms with van der Waals surface area (Å²) >= 11 is 0. The first-order valence-corrected chi connectivity index (χ1v) is 22.5. The Bertz CT molecular complexity index is 3230. The van der Waals surface area contributed by atoms with E-state index in [2.05, 4.69) is 197 Å². The molecule has 4 heteroatoms. The second-order valence-corrected chi connectivity index (χ2v) is 19.7. The van der Waals surface area contributed by atoms with Gasteiger partial charge in [0, 0.05) is 34.1 Å². The monoisotopic (exact) mass is 848 g/mol. The lowest BCUT2D eigenvalue weighted by atomic mass is 9.70. The molecule has 0 saturated heterocycles. The van der Waals surface area contributed by atoms with Crippen LogP contribution < -0.4 is 9.80 Å². The Kier molecular flexibility index (Phi) is 9.27. The summed E-state index contributed by atoms with van der Waals surface area (Å²) in [5, 5.41) is 2.24. The third-order valence-electron chi connectivity index (χ3n) is 13.7. The van der Waals surface area contributed by atoms with Crippen molar-refractivity contribution >= 4 is 44.9 Å². The Hall–Kier alpha value is -7.30. The summed E-state index contributed by atoms with van der Waals surface area (Å²) in [6.45, 7) is 13.4. The Morgan fingerprint density at radius 1 is 0.323 bits per heavy atom. The van der Waals surface area contributed by atoms with Crippen molar-refractivity contribution in [2.45, 2.75) is 57.8 Å². The maximum Gasteiger partial charge on any atom is 0.123 e. The van der Waals surface area contributed by atoms with E-state index in [1.807, 2.05) is 24.3 Å². The quantitative estimate of drug-likeness (QED) is 0.164. The van der Waals surface area contributed by atoms with Gasteiger partial charge in [0.25, 0.3) is 0 Å².